The zero-order chi connectivity index (χ0) is 15.5. The summed E-state index contributed by atoms with van der Waals surface area (Å²) in [4.78, 5) is 0.358. The second-order valence-electron chi connectivity index (χ2n) is 5.40. The van der Waals surface area contributed by atoms with E-state index < -0.39 is 20.8 Å². The number of hydrogen-bond acceptors (Lipinski definition) is 4. The van der Waals surface area contributed by atoms with Crippen molar-refractivity contribution >= 4 is 26.5 Å². The van der Waals surface area contributed by atoms with Gasteiger partial charge in [-0.05, 0) is 43.9 Å². The van der Waals surface area contributed by atoms with Crippen LogP contribution in [0.1, 0.15) is 25.3 Å². The molecule has 0 radical (unpaired) electrons. The van der Waals surface area contributed by atoms with Crippen molar-refractivity contribution in [2.45, 2.75) is 37.1 Å². The lowest BCUT2D eigenvalue weighted by atomic mass is 10.0. The van der Waals surface area contributed by atoms with Gasteiger partial charge in [-0.15, -0.1) is 0 Å². The molecule has 1 heterocycles. The summed E-state index contributed by atoms with van der Waals surface area (Å²) >= 11 is 0. The fourth-order valence-corrected chi connectivity index (χ4v) is 4.71. The standard InChI is InChI=1S/C14H22N2O3S2/c1-11(8-10-20(2)17)16-21(18,19)14-7-3-6-13-12(14)5-4-9-15-13/h3,6-7,11,15-16H,4-5,8-10H2,1-2H3. The maximum absolute atomic E-state index is 12.5. The molecule has 0 saturated carbocycles. The van der Waals surface area contributed by atoms with Crippen LogP contribution in [0, 0.1) is 0 Å². The van der Waals surface area contributed by atoms with E-state index in [0.29, 0.717) is 17.1 Å². The first-order valence-corrected chi connectivity index (χ1v) is 10.3. The third kappa shape index (κ3) is 4.28. The van der Waals surface area contributed by atoms with Gasteiger partial charge in [-0.1, -0.05) is 6.07 Å². The lowest BCUT2D eigenvalue weighted by molar-refractivity contribution is 0.554. The van der Waals surface area contributed by atoms with Gasteiger partial charge in [-0.2, -0.15) is 0 Å². The molecule has 0 spiro atoms. The zero-order valence-electron chi connectivity index (χ0n) is 12.4. The maximum Gasteiger partial charge on any atom is 0.241 e. The SMILES string of the molecule is CC(CCS(C)=O)NS(=O)(=O)c1cccc2c1CCCN2. The first-order chi connectivity index (χ1) is 9.90. The monoisotopic (exact) mass is 330 g/mol. The molecule has 7 heteroatoms. The van der Waals surface area contributed by atoms with Gasteiger partial charge in [0.15, 0.2) is 0 Å². The number of fused-ring (bicyclic) bond motifs is 1. The number of anilines is 1. The summed E-state index contributed by atoms with van der Waals surface area (Å²) in [6, 6.07) is 5.10. The molecule has 0 bridgehead atoms. The maximum atomic E-state index is 12.5. The van der Waals surface area contributed by atoms with E-state index in [4.69, 9.17) is 0 Å². The third-order valence-electron chi connectivity index (χ3n) is 3.54. The van der Waals surface area contributed by atoms with Gasteiger partial charge >= 0.3 is 0 Å². The summed E-state index contributed by atoms with van der Waals surface area (Å²) in [7, 11) is -4.44. The Kier molecular flexibility index (Phi) is 5.40. The van der Waals surface area contributed by atoms with Crippen molar-refractivity contribution in [2.75, 3.05) is 23.9 Å². The summed E-state index contributed by atoms with van der Waals surface area (Å²) < 4.78 is 38.9. The first-order valence-electron chi connectivity index (χ1n) is 7.08. The number of sulfonamides is 1. The number of hydrogen-bond donors (Lipinski definition) is 2. The van der Waals surface area contributed by atoms with E-state index in [2.05, 4.69) is 10.0 Å². The van der Waals surface area contributed by atoms with Crippen molar-refractivity contribution in [3.63, 3.8) is 0 Å². The van der Waals surface area contributed by atoms with E-state index in [-0.39, 0.29) is 6.04 Å². The van der Waals surface area contributed by atoms with E-state index >= 15 is 0 Å². The summed E-state index contributed by atoms with van der Waals surface area (Å²) in [5.74, 6) is 0.498. The lowest BCUT2D eigenvalue weighted by Gasteiger charge is -2.22. The molecule has 1 aromatic rings. The molecule has 0 amide bonds. The predicted molar refractivity (Wildman–Crippen MR) is 86.6 cm³/mol. The molecule has 1 aliphatic rings. The molecular formula is C14H22N2O3S2. The Morgan fingerprint density at radius 2 is 2.19 bits per heavy atom. The fourth-order valence-electron chi connectivity index (χ4n) is 2.46. The van der Waals surface area contributed by atoms with Crippen molar-refractivity contribution in [2.24, 2.45) is 0 Å². The summed E-state index contributed by atoms with van der Waals surface area (Å²) in [6.45, 7) is 2.68. The predicted octanol–water partition coefficient (Wildman–Crippen LogP) is 1.48. The van der Waals surface area contributed by atoms with Crippen molar-refractivity contribution in [1.29, 1.82) is 0 Å². The fraction of sp³-hybridized carbons (Fsp3) is 0.571. The van der Waals surface area contributed by atoms with E-state index in [1.54, 1.807) is 25.3 Å². The summed E-state index contributed by atoms with van der Waals surface area (Å²) in [5, 5.41) is 3.24. The van der Waals surface area contributed by atoms with Crippen LogP contribution >= 0.6 is 0 Å². The molecule has 0 aliphatic carbocycles. The van der Waals surface area contributed by atoms with Crippen LogP contribution in [0.3, 0.4) is 0 Å². The quantitative estimate of drug-likeness (QED) is 0.828. The van der Waals surface area contributed by atoms with Gasteiger partial charge in [-0.3, -0.25) is 4.21 Å². The average Bonchev–Trinajstić information content (AvgIpc) is 2.44. The molecule has 21 heavy (non-hydrogen) atoms. The topological polar surface area (TPSA) is 75.3 Å². The number of nitrogens with one attached hydrogen (secondary N) is 2. The Labute approximate surface area is 129 Å². The summed E-state index contributed by atoms with van der Waals surface area (Å²) in [5.41, 5.74) is 1.77. The van der Waals surface area contributed by atoms with E-state index in [9.17, 15) is 12.6 Å². The molecule has 2 N–H and O–H groups in total. The molecule has 5 nitrogen and oxygen atoms in total. The van der Waals surface area contributed by atoms with Crippen LogP contribution in [-0.4, -0.2) is 37.2 Å². The minimum Gasteiger partial charge on any atom is -0.385 e. The zero-order valence-corrected chi connectivity index (χ0v) is 14.0. The minimum atomic E-state index is -3.54. The number of benzene rings is 1. The van der Waals surface area contributed by atoms with Crippen LogP contribution in [-0.2, 0) is 27.2 Å². The van der Waals surface area contributed by atoms with Crippen molar-refractivity contribution in [3.8, 4) is 0 Å². The molecule has 1 aliphatic heterocycles. The normalized spacial score (nSPS) is 17.6. The van der Waals surface area contributed by atoms with E-state index in [1.807, 2.05) is 6.07 Å². The van der Waals surface area contributed by atoms with Crippen LogP contribution in [0.15, 0.2) is 23.1 Å². The Balaban J connectivity index is 2.18. The Hall–Kier alpha value is -0.920. The second kappa shape index (κ2) is 6.89. The Morgan fingerprint density at radius 1 is 1.43 bits per heavy atom. The molecule has 0 saturated heterocycles. The van der Waals surface area contributed by atoms with Crippen LogP contribution in [0.25, 0.3) is 0 Å². The van der Waals surface area contributed by atoms with Gasteiger partial charge in [0.2, 0.25) is 10.0 Å². The Morgan fingerprint density at radius 3 is 2.90 bits per heavy atom. The molecule has 0 aromatic heterocycles. The van der Waals surface area contributed by atoms with Gasteiger partial charge in [0.25, 0.3) is 0 Å². The van der Waals surface area contributed by atoms with E-state index in [0.717, 1.165) is 30.6 Å². The van der Waals surface area contributed by atoms with Gasteiger partial charge in [0, 0.05) is 41.1 Å². The first kappa shape index (κ1) is 16.5. The van der Waals surface area contributed by atoms with Crippen LogP contribution < -0.4 is 10.0 Å². The summed E-state index contributed by atoms with van der Waals surface area (Å²) in [6.07, 6.45) is 3.90. The molecule has 2 unspecified atom stereocenters. The molecule has 2 atom stereocenters. The molecular weight excluding hydrogens is 308 g/mol. The minimum absolute atomic E-state index is 0.230. The lowest BCUT2D eigenvalue weighted by Crippen LogP contribution is -2.34. The largest absolute Gasteiger partial charge is 0.385 e. The van der Waals surface area contributed by atoms with Crippen LogP contribution in [0.2, 0.25) is 0 Å². The molecule has 2 rings (SSSR count). The van der Waals surface area contributed by atoms with Crippen molar-refractivity contribution in [3.05, 3.63) is 23.8 Å². The van der Waals surface area contributed by atoms with Gasteiger partial charge in [0.05, 0.1) is 4.90 Å². The van der Waals surface area contributed by atoms with Gasteiger partial charge in [0.1, 0.15) is 0 Å². The van der Waals surface area contributed by atoms with Crippen LogP contribution in [0.5, 0.6) is 0 Å². The molecule has 118 valence electrons. The highest BCUT2D eigenvalue weighted by Gasteiger charge is 2.23. The second-order valence-corrected chi connectivity index (χ2v) is 8.64. The van der Waals surface area contributed by atoms with Gasteiger partial charge in [-0.25, -0.2) is 13.1 Å². The molecule has 0 fully saturated rings. The van der Waals surface area contributed by atoms with Crippen LogP contribution in [0.4, 0.5) is 5.69 Å². The average molecular weight is 330 g/mol. The van der Waals surface area contributed by atoms with E-state index in [1.165, 1.54) is 0 Å². The smallest absolute Gasteiger partial charge is 0.241 e. The third-order valence-corrected chi connectivity index (χ3v) is 6.02. The molecule has 1 aromatic carbocycles. The highest BCUT2D eigenvalue weighted by Crippen LogP contribution is 2.28. The van der Waals surface area contributed by atoms with Crippen molar-refractivity contribution in [1.82, 2.24) is 4.72 Å². The number of rotatable bonds is 6. The highest BCUT2D eigenvalue weighted by atomic mass is 32.2. The van der Waals surface area contributed by atoms with Gasteiger partial charge < -0.3 is 5.32 Å². The Bertz CT molecular complexity index is 629. The highest BCUT2D eigenvalue weighted by molar-refractivity contribution is 7.89. The van der Waals surface area contributed by atoms with Crippen molar-refractivity contribution < 1.29 is 12.6 Å².